The van der Waals surface area contributed by atoms with Crippen LogP contribution < -0.4 is 4.74 Å². The Bertz CT molecular complexity index is 784. The number of benzene rings is 1. The highest BCUT2D eigenvalue weighted by atomic mass is 19.4. The first-order valence-corrected chi connectivity index (χ1v) is 7.36. The predicted molar refractivity (Wildman–Crippen MR) is 80.5 cm³/mol. The van der Waals surface area contributed by atoms with Crippen molar-refractivity contribution >= 4 is 5.97 Å². The Hall–Kier alpha value is -2.58. The minimum atomic E-state index is -4.51. The first-order valence-electron chi connectivity index (χ1n) is 7.36. The molecule has 1 aromatic carbocycles. The third-order valence-corrected chi connectivity index (χ3v) is 3.27. The molecule has 0 aliphatic heterocycles. The van der Waals surface area contributed by atoms with Crippen LogP contribution in [0.1, 0.15) is 28.5 Å². The molecule has 0 radical (unpaired) electrons. The van der Waals surface area contributed by atoms with E-state index in [4.69, 9.17) is 4.74 Å². The van der Waals surface area contributed by atoms with E-state index in [2.05, 4.69) is 9.84 Å². The molecule has 9 heteroatoms. The van der Waals surface area contributed by atoms with Crippen molar-refractivity contribution in [3.05, 3.63) is 40.8 Å². The first-order chi connectivity index (χ1) is 11.6. The minimum absolute atomic E-state index is 0.0898. The summed E-state index contributed by atoms with van der Waals surface area (Å²) in [5.41, 5.74) is 0.770. The summed E-state index contributed by atoms with van der Waals surface area (Å²) in [7, 11) is 0. The average Bonchev–Trinajstić information content (AvgIpc) is 2.86. The molecule has 0 atom stereocenters. The standard InChI is InChI=1S/C16H16F4N2O3/c1-4-24-15(23)11-7-13(12(17)5-9(11)2)22-10(3)6-14(21-22)25-8-16(18,19)20/h5-7H,4,8H2,1-3H3. The van der Waals surface area contributed by atoms with Crippen LogP contribution >= 0.6 is 0 Å². The van der Waals surface area contributed by atoms with Crippen LogP contribution in [0.25, 0.3) is 5.69 Å². The Morgan fingerprint density at radius 2 is 1.92 bits per heavy atom. The number of esters is 1. The van der Waals surface area contributed by atoms with Crippen LogP contribution in [-0.4, -0.2) is 35.1 Å². The Labute approximate surface area is 141 Å². The molecule has 0 aliphatic carbocycles. The highest BCUT2D eigenvalue weighted by molar-refractivity contribution is 5.91. The highest BCUT2D eigenvalue weighted by Crippen LogP contribution is 2.24. The Morgan fingerprint density at radius 1 is 1.24 bits per heavy atom. The number of rotatable bonds is 5. The highest BCUT2D eigenvalue weighted by Gasteiger charge is 2.29. The fourth-order valence-electron chi connectivity index (χ4n) is 2.17. The SMILES string of the molecule is CCOC(=O)c1cc(-n2nc(OCC(F)(F)F)cc2C)c(F)cc1C. The summed E-state index contributed by atoms with van der Waals surface area (Å²) in [6.45, 7) is 3.36. The first kappa shape index (κ1) is 18.8. The van der Waals surface area contributed by atoms with Gasteiger partial charge in [-0.25, -0.2) is 13.9 Å². The van der Waals surface area contributed by atoms with Gasteiger partial charge in [0.15, 0.2) is 6.61 Å². The number of aromatic nitrogens is 2. The molecule has 2 rings (SSSR count). The normalized spacial score (nSPS) is 11.5. The van der Waals surface area contributed by atoms with Crippen LogP contribution in [0.4, 0.5) is 17.6 Å². The van der Waals surface area contributed by atoms with Crippen molar-refractivity contribution in [3.63, 3.8) is 0 Å². The molecule has 0 bridgehead atoms. The molecule has 0 spiro atoms. The van der Waals surface area contributed by atoms with E-state index in [0.717, 1.165) is 10.7 Å². The van der Waals surface area contributed by atoms with Gasteiger partial charge in [0.2, 0.25) is 5.88 Å². The van der Waals surface area contributed by atoms with E-state index in [1.54, 1.807) is 13.8 Å². The van der Waals surface area contributed by atoms with Crippen molar-refractivity contribution in [2.24, 2.45) is 0 Å². The van der Waals surface area contributed by atoms with Crippen molar-refractivity contribution in [3.8, 4) is 11.6 Å². The Balaban J connectivity index is 2.39. The largest absolute Gasteiger partial charge is 0.467 e. The van der Waals surface area contributed by atoms with Crippen molar-refractivity contribution in [2.45, 2.75) is 26.9 Å². The molecular weight excluding hydrogens is 344 g/mol. The van der Waals surface area contributed by atoms with E-state index in [1.165, 1.54) is 19.1 Å². The molecule has 0 aliphatic rings. The molecule has 1 heterocycles. The van der Waals surface area contributed by atoms with Crippen LogP contribution in [-0.2, 0) is 4.74 Å². The molecule has 25 heavy (non-hydrogen) atoms. The van der Waals surface area contributed by atoms with Gasteiger partial charge < -0.3 is 9.47 Å². The molecule has 0 fully saturated rings. The predicted octanol–water partition coefficient (Wildman–Crippen LogP) is 3.75. The lowest BCUT2D eigenvalue weighted by atomic mass is 10.1. The fraction of sp³-hybridized carbons (Fsp3) is 0.375. The number of ether oxygens (including phenoxy) is 2. The molecule has 0 N–H and O–H groups in total. The molecule has 0 amide bonds. The molecular formula is C16H16F4N2O3. The lowest BCUT2D eigenvalue weighted by molar-refractivity contribution is -0.154. The van der Waals surface area contributed by atoms with Crippen LogP contribution in [0.5, 0.6) is 5.88 Å². The van der Waals surface area contributed by atoms with Crippen LogP contribution in [0, 0.1) is 19.7 Å². The molecule has 0 saturated heterocycles. The number of nitrogens with zero attached hydrogens (tertiary/aromatic N) is 2. The summed E-state index contributed by atoms with van der Waals surface area (Å²) in [4.78, 5) is 11.9. The van der Waals surface area contributed by atoms with Gasteiger partial charge in [0.25, 0.3) is 0 Å². The van der Waals surface area contributed by atoms with E-state index in [1.807, 2.05) is 0 Å². The monoisotopic (exact) mass is 360 g/mol. The molecule has 136 valence electrons. The smallest absolute Gasteiger partial charge is 0.422 e. The molecule has 1 aromatic heterocycles. The van der Waals surface area contributed by atoms with Crippen LogP contribution in [0.15, 0.2) is 18.2 Å². The number of carbonyl (C=O) groups is 1. The fourth-order valence-corrected chi connectivity index (χ4v) is 2.17. The van der Waals surface area contributed by atoms with Gasteiger partial charge in [0, 0.05) is 11.8 Å². The number of hydrogen-bond acceptors (Lipinski definition) is 4. The lowest BCUT2D eigenvalue weighted by Crippen LogP contribution is -2.19. The third-order valence-electron chi connectivity index (χ3n) is 3.27. The number of aryl methyl sites for hydroxylation is 2. The van der Waals surface area contributed by atoms with Gasteiger partial charge in [-0.3, -0.25) is 0 Å². The van der Waals surface area contributed by atoms with Crippen molar-refractivity contribution in [1.82, 2.24) is 9.78 Å². The van der Waals surface area contributed by atoms with E-state index >= 15 is 0 Å². The second-order valence-electron chi connectivity index (χ2n) is 5.28. The third kappa shape index (κ3) is 4.49. The zero-order chi connectivity index (χ0) is 18.8. The Morgan fingerprint density at radius 3 is 2.52 bits per heavy atom. The van der Waals surface area contributed by atoms with Gasteiger partial charge in [-0.05, 0) is 38.5 Å². The zero-order valence-corrected chi connectivity index (χ0v) is 13.8. The maximum absolute atomic E-state index is 14.3. The van der Waals surface area contributed by atoms with E-state index in [-0.39, 0.29) is 23.7 Å². The van der Waals surface area contributed by atoms with E-state index in [9.17, 15) is 22.4 Å². The zero-order valence-electron chi connectivity index (χ0n) is 13.8. The van der Waals surface area contributed by atoms with Gasteiger partial charge in [-0.15, -0.1) is 5.10 Å². The summed E-state index contributed by atoms with van der Waals surface area (Å²) >= 11 is 0. The maximum Gasteiger partial charge on any atom is 0.422 e. The van der Waals surface area contributed by atoms with E-state index in [0.29, 0.717) is 11.3 Å². The van der Waals surface area contributed by atoms with Crippen molar-refractivity contribution in [1.29, 1.82) is 0 Å². The topological polar surface area (TPSA) is 53.4 Å². The summed E-state index contributed by atoms with van der Waals surface area (Å²) in [5.74, 6) is -1.61. The molecule has 2 aromatic rings. The van der Waals surface area contributed by atoms with Gasteiger partial charge in [-0.2, -0.15) is 13.2 Å². The second kappa shape index (κ2) is 7.12. The van der Waals surface area contributed by atoms with Crippen molar-refractivity contribution in [2.75, 3.05) is 13.2 Å². The Kier molecular flexibility index (Phi) is 5.34. The van der Waals surface area contributed by atoms with Gasteiger partial charge in [-0.1, -0.05) is 0 Å². The second-order valence-corrected chi connectivity index (χ2v) is 5.28. The number of halogens is 4. The summed E-state index contributed by atoms with van der Waals surface area (Å²) in [5, 5.41) is 3.82. The summed E-state index contributed by atoms with van der Waals surface area (Å²) in [6, 6.07) is 3.63. The number of hydrogen-bond donors (Lipinski definition) is 0. The molecule has 5 nitrogen and oxygen atoms in total. The number of alkyl halides is 3. The molecule has 0 saturated carbocycles. The number of carbonyl (C=O) groups excluding carboxylic acids is 1. The van der Waals surface area contributed by atoms with Crippen molar-refractivity contribution < 1.29 is 31.8 Å². The van der Waals surface area contributed by atoms with Gasteiger partial charge in [0.05, 0.1) is 12.2 Å². The lowest BCUT2D eigenvalue weighted by Gasteiger charge is -2.11. The molecule has 0 unspecified atom stereocenters. The summed E-state index contributed by atoms with van der Waals surface area (Å²) < 4.78 is 61.5. The van der Waals surface area contributed by atoms with Gasteiger partial charge in [0.1, 0.15) is 11.5 Å². The minimum Gasteiger partial charge on any atom is -0.467 e. The average molecular weight is 360 g/mol. The van der Waals surface area contributed by atoms with Gasteiger partial charge >= 0.3 is 12.1 Å². The van der Waals surface area contributed by atoms with Crippen LogP contribution in [0.3, 0.4) is 0 Å². The quantitative estimate of drug-likeness (QED) is 0.602. The maximum atomic E-state index is 14.3. The summed E-state index contributed by atoms with van der Waals surface area (Å²) in [6.07, 6.45) is -4.51. The van der Waals surface area contributed by atoms with E-state index < -0.39 is 24.6 Å². The van der Waals surface area contributed by atoms with Crippen LogP contribution in [0.2, 0.25) is 0 Å².